The summed E-state index contributed by atoms with van der Waals surface area (Å²) >= 11 is 1.50. The lowest BCUT2D eigenvalue weighted by atomic mass is 10.0. The Morgan fingerprint density at radius 2 is 2.10 bits per heavy atom. The van der Waals surface area contributed by atoms with Crippen LogP contribution in [0.25, 0.3) is 10.6 Å². The molecule has 5 heteroatoms. The number of carbonyl (C=O) groups is 1. The molecule has 0 fully saturated rings. The van der Waals surface area contributed by atoms with Crippen LogP contribution in [0.4, 0.5) is 0 Å². The average Bonchev–Trinajstić information content (AvgIpc) is 2.93. The van der Waals surface area contributed by atoms with E-state index in [9.17, 15) is 4.79 Å². The van der Waals surface area contributed by atoms with Crippen LogP contribution in [0.3, 0.4) is 0 Å². The average molecular weight is 300 g/mol. The molecular formula is C16H16N2O2S. The van der Waals surface area contributed by atoms with E-state index in [1.807, 2.05) is 17.5 Å². The second-order valence-corrected chi connectivity index (χ2v) is 5.77. The zero-order valence-electron chi connectivity index (χ0n) is 12.0. The Morgan fingerprint density at radius 1 is 1.38 bits per heavy atom. The van der Waals surface area contributed by atoms with Crippen LogP contribution in [0.2, 0.25) is 0 Å². The third-order valence-electron chi connectivity index (χ3n) is 3.00. The molecule has 108 valence electrons. The van der Waals surface area contributed by atoms with Gasteiger partial charge >= 0.3 is 5.97 Å². The van der Waals surface area contributed by atoms with Crippen molar-refractivity contribution in [1.29, 1.82) is 5.26 Å². The maximum Gasteiger partial charge on any atom is 0.312 e. The standard InChI is InChI=1S/C16H16N2O2S/c1-11(2)12-3-5-13(6-4-12)16-18-14(10-21-16)9-15(19)20-8-7-17/h3-6,10-11H,8-9H2,1-2H3. The zero-order chi connectivity index (χ0) is 15.2. The van der Waals surface area contributed by atoms with Crippen LogP contribution in [0.15, 0.2) is 29.6 Å². The van der Waals surface area contributed by atoms with Gasteiger partial charge in [0, 0.05) is 10.9 Å². The van der Waals surface area contributed by atoms with Crippen molar-refractivity contribution in [2.45, 2.75) is 26.2 Å². The summed E-state index contributed by atoms with van der Waals surface area (Å²) < 4.78 is 4.72. The van der Waals surface area contributed by atoms with Crippen LogP contribution < -0.4 is 0 Å². The SMILES string of the molecule is CC(C)c1ccc(-c2nc(CC(=O)OCC#N)cs2)cc1. The molecule has 0 aliphatic heterocycles. The summed E-state index contributed by atoms with van der Waals surface area (Å²) in [4.78, 5) is 15.9. The number of hydrogen-bond acceptors (Lipinski definition) is 5. The van der Waals surface area contributed by atoms with E-state index in [1.165, 1.54) is 16.9 Å². The van der Waals surface area contributed by atoms with E-state index >= 15 is 0 Å². The number of esters is 1. The Balaban J connectivity index is 2.05. The Morgan fingerprint density at radius 3 is 2.71 bits per heavy atom. The van der Waals surface area contributed by atoms with E-state index in [2.05, 4.69) is 31.0 Å². The minimum atomic E-state index is -0.427. The molecule has 4 nitrogen and oxygen atoms in total. The van der Waals surface area contributed by atoms with Gasteiger partial charge in [0.1, 0.15) is 11.1 Å². The van der Waals surface area contributed by atoms with Crippen molar-refractivity contribution in [3.05, 3.63) is 40.9 Å². The van der Waals surface area contributed by atoms with Crippen molar-refractivity contribution in [2.75, 3.05) is 6.61 Å². The Hall–Kier alpha value is -2.19. The quantitative estimate of drug-likeness (QED) is 0.792. The maximum absolute atomic E-state index is 11.4. The van der Waals surface area contributed by atoms with Crippen molar-refractivity contribution < 1.29 is 9.53 Å². The molecule has 1 aromatic heterocycles. The van der Waals surface area contributed by atoms with Crippen molar-refractivity contribution in [1.82, 2.24) is 4.98 Å². The van der Waals surface area contributed by atoms with Gasteiger partial charge in [0.25, 0.3) is 0 Å². The number of aromatic nitrogens is 1. The number of ether oxygens (including phenoxy) is 1. The van der Waals surface area contributed by atoms with E-state index in [-0.39, 0.29) is 13.0 Å². The number of carbonyl (C=O) groups excluding carboxylic acids is 1. The predicted octanol–water partition coefficient (Wildman–Crippen LogP) is 3.54. The third kappa shape index (κ3) is 4.14. The molecule has 0 amide bonds. The number of nitriles is 1. The first kappa shape index (κ1) is 15.2. The first-order valence-electron chi connectivity index (χ1n) is 6.67. The second-order valence-electron chi connectivity index (χ2n) is 4.92. The lowest BCUT2D eigenvalue weighted by molar-refractivity contribution is -0.141. The fourth-order valence-electron chi connectivity index (χ4n) is 1.84. The first-order chi connectivity index (χ1) is 10.1. The van der Waals surface area contributed by atoms with E-state index < -0.39 is 5.97 Å². The van der Waals surface area contributed by atoms with E-state index in [1.54, 1.807) is 6.07 Å². The molecule has 2 aromatic rings. The summed E-state index contributed by atoms with van der Waals surface area (Å²) in [7, 11) is 0. The van der Waals surface area contributed by atoms with Gasteiger partial charge < -0.3 is 4.74 Å². The highest BCUT2D eigenvalue weighted by atomic mass is 32.1. The Labute approximate surface area is 128 Å². The molecule has 0 radical (unpaired) electrons. The molecule has 0 saturated heterocycles. The fourth-order valence-corrected chi connectivity index (χ4v) is 2.67. The van der Waals surface area contributed by atoms with Gasteiger partial charge in [0.05, 0.1) is 12.1 Å². The molecule has 0 aliphatic carbocycles. The monoisotopic (exact) mass is 300 g/mol. The minimum absolute atomic E-state index is 0.0995. The molecule has 0 saturated carbocycles. The molecule has 2 rings (SSSR count). The van der Waals surface area contributed by atoms with Crippen molar-refractivity contribution in [2.24, 2.45) is 0 Å². The molecule has 0 bridgehead atoms. The van der Waals surface area contributed by atoms with Gasteiger partial charge in [-0.25, -0.2) is 4.98 Å². The van der Waals surface area contributed by atoms with Crippen LogP contribution in [0.1, 0.15) is 31.0 Å². The van der Waals surface area contributed by atoms with Crippen molar-refractivity contribution >= 4 is 17.3 Å². The predicted molar refractivity (Wildman–Crippen MR) is 81.9 cm³/mol. The smallest absolute Gasteiger partial charge is 0.312 e. The molecule has 0 spiro atoms. The van der Waals surface area contributed by atoms with E-state index in [4.69, 9.17) is 10.00 Å². The van der Waals surface area contributed by atoms with Gasteiger partial charge in [0.15, 0.2) is 6.61 Å². The van der Waals surface area contributed by atoms with Crippen LogP contribution in [-0.4, -0.2) is 17.6 Å². The van der Waals surface area contributed by atoms with Gasteiger partial charge in [-0.1, -0.05) is 38.1 Å². The third-order valence-corrected chi connectivity index (χ3v) is 3.94. The van der Waals surface area contributed by atoms with Gasteiger partial charge in [-0.15, -0.1) is 11.3 Å². The molecule has 0 unspecified atom stereocenters. The summed E-state index contributed by atoms with van der Waals surface area (Å²) in [6.07, 6.45) is 0.0995. The molecule has 0 aliphatic rings. The molecule has 0 atom stereocenters. The Kier molecular flexibility index (Phi) is 5.07. The summed E-state index contributed by atoms with van der Waals surface area (Å²) in [5.74, 6) is 0.0735. The Bertz CT molecular complexity index is 654. The number of hydrogen-bond donors (Lipinski definition) is 0. The normalized spacial score (nSPS) is 10.4. The zero-order valence-corrected chi connectivity index (χ0v) is 12.8. The van der Waals surface area contributed by atoms with Gasteiger partial charge in [-0.3, -0.25) is 4.79 Å². The number of nitrogens with zero attached hydrogens (tertiary/aromatic N) is 2. The van der Waals surface area contributed by atoms with Crippen LogP contribution in [0, 0.1) is 11.3 Å². The first-order valence-corrected chi connectivity index (χ1v) is 7.55. The molecule has 1 heterocycles. The maximum atomic E-state index is 11.4. The summed E-state index contributed by atoms with van der Waals surface area (Å²) in [5, 5.41) is 11.1. The number of rotatable bonds is 5. The number of benzene rings is 1. The van der Waals surface area contributed by atoms with Crippen molar-refractivity contribution in [3.8, 4) is 16.6 Å². The minimum Gasteiger partial charge on any atom is -0.450 e. The number of thiazole rings is 1. The fraction of sp³-hybridized carbons (Fsp3) is 0.312. The van der Waals surface area contributed by atoms with Crippen LogP contribution in [-0.2, 0) is 16.0 Å². The molecule has 1 aromatic carbocycles. The highest BCUT2D eigenvalue weighted by molar-refractivity contribution is 7.13. The highest BCUT2D eigenvalue weighted by Crippen LogP contribution is 2.26. The highest BCUT2D eigenvalue weighted by Gasteiger charge is 2.10. The van der Waals surface area contributed by atoms with E-state index in [0.29, 0.717) is 11.6 Å². The van der Waals surface area contributed by atoms with Gasteiger partial charge in [-0.2, -0.15) is 5.26 Å². The summed E-state index contributed by atoms with van der Waals surface area (Å²) in [6.45, 7) is 4.10. The van der Waals surface area contributed by atoms with E-state index in [0.717, 1.165) is 10.6 Å². The molecule has 0 N–H and O–H groups in total. The lowest BCUT2D eigenvalue weighted by Crippen LogP contribution is -2.08. The summed E-state index contributed by atoms with van der Waals surface area (Å²) in [6, 6.07) is 10.1. The molecule has 21 heavy (non-hydrogen) atoms. The largest absolute Gasteiger partial charge is 0.450 e. The van der Waals surface area contributed by atoms with Crippen LogP contribution >= 0.6 is 11.3 Å². The topological polar surface area (TPSA) is 63.0 Å². The second kappa shape index (κ2) is 7.00. The van der Waals surface area contributed by atoms with Gasteiger partial charge in [-0.05, 0) is 11.5 Å². The summed E-state index contributed by atoms with van der Waals surface area (Å²) in [5.41, 5.74) is 3.00. The van der Waals surface area contributed by atoms with Crippen LogP contribution in [0.5, 0.6) is 0 Å². The molecular weight excluding hydrogens is 284 g/mol. The lowest BCUT2D eigenvalue weighted by Gasteiger charge is -2.05. The van der Waals surface area contributed by atoms with Crippen molar-refractivity contribution in [3.63, 3.8) is 0 Å². The van der Waals surface area contributed by atoms with Gasteiger partial charge in [0.2, 0.25) is 0 Å².